The van der Waals surface area contributed by atoms with Crippen molar-refractivity contribution in [3.63, 3.8) is 0 Å². The van der Waals surface area contributed by atoms with Gasteiger partial charge in [-0.2, -0.15) is 0 Å². The molecule has 2 aromatic carbocycles. The molecule has 3 aromatic rings. The van der Waals surface area contributed by atoms with Gasteiger partial charge in [0.2, 0.25) is 0 Å². The fourth-order valence-electron chi connectivity index (χ4n) is 3.05. The first-order chi connectivity index (χ1) is 12.3. The molecule has 0 atom stereocenters. The van der Waals surface area contributed by atoms with Crippen LogP contribution in [0.5, 0.6) is 5.75 Å². The number of H-pyrrole nitrogens is 1. The van der Waals surface area contributed by atoms with E-state index in [2.05, 4.69) is 4.98 Å². The first-order valence-electron chi connectivity index (χ1n) is 8.46. The number of carbonyl (C=O) groups is 1. The molecule has 25 heavy (non-hydrogen) atoms. The maximum atomic E-state index is 12.7. The summed E-state index contributed by atoms with van der Waals surface area (Å²) in [6.07, 6.45) is 1.78. The molecular formula is C20H20N2O3. The third-order valence-electron chi connectivity index (χ3n) is 4.43. The number of rotatable bonds is 4. The van der Waals surface area contributed by atoms with Crippen molar-refractivity contribution in [1.82, 2.24) is 9.88 Å². The third-order valence-corrected chi connectivity index (χ3v) is 4.43. The van der Waals surface area contributed by atoms with E-state index in [4.69, 9.17) is 9.47 Å². The van der Waals surface area contributed by atoms with Crippen molar-refractivity contribution >= 4 is 16.8 Å². The number of nitrogens with zero attached hydrogens (tertiary/aromatic N) is 1. The van der Waals surface area contributed by atoms with Crippen LogP contribution in [0.15, 0.2) is 54.7 Å². The maximum Gasteiger partial charge on any atom is 0.256 e. The topological polar surface area (TPSA) is 54.6 Å². The summed E-state index contributed by atoms with van der Waals surface area (Å²) in [6.45, 7) is 3.01. The fourth-order valence-corrected chi connectivity index (χ4v) is 3.05. The Morgan fingerprint density at radius 1 is 1.12 bits per heavy atom. The summed E-state index contributed by atoms with van der Waals surface area (Å²) in [7, 11) is 0. The molecule has 4 rings (SSSR count). The highest BCUT2D eigenvalue weighted by atomic mass is 16.5. The molecule has 0 spiro atoms. The highest BCUT2D eigenvalue weighted by Gasteiger charge is 2.21. The predicted molar refractivity (Wildman–Crippen MR) is 95.8 cm³/mol. The Morgan fingerprint density at radius 3 is 2.72 bits per heavy atom. The van der Waals surface area contributed by atoms with Crippen LogP contribution in [-0.4, -0.2) is 42.1 Å². The van der Waals surface area contributed by atoms with Crippen molar-refractivity contribution < 1.29 is 14.3 Å². The van der Waals surface area contributed by atoms with Gasteiger partial charge in [0.05, 0.1) is 18.8 Å². The predicted octanol–water partition coefficient (Wildman–Crippen LogP) is 3.22. The number of aromatic nitrogens is 1. The lowest BCUT2D eigenvalue weighted by Gasteiger charge is -2.26. The van der Waals surface area contributed by atoms with Crippen LogP contribution >= 0.6 is 0 Å². The fraction of sp³-hybridized carbons (Fsp3) is 0.250. The van der Waals surface area contributed by atoms with Crippen LogP contribution < -0.4 is 4.74 Å². The number of benzene rings is 2. The summed E-state index contributed by atoms with van der Waals surface area (Å²) >= 11 is 0. The first-order valence-corrected chi connectivity index (χ1v) is 8.46. The van der Waals surface area contributed by atoms with Gasteiger partial charge < -0.3 is 19.4 Å². The Kier molecular flexibility index (Phi) is 4.39. The third kappa shape index (κ3) is 3.37. The van der Waals surface area contributed by atoms with Gasteiger partial charge in [-0.25, -0.2) is 0 Å². The van der Waals surface area contributed by atoms with E-state index in [1.807, 2.05) is 53.4 Å². The molecule has 2 heterocycles. The van der Waals surface area contributed by atoms with Crippen LogP contribution in [0.4, 0.5) is 0 Å². The van der Waals surface area contributed by atoms with Gasteiger partial charge in [0.25, 0.3) is 5.91 Å². The van der Waals surface area contributed by atoms with Crippen molar-refractivity contribution in [3.05, 3.63) is 65.9 Å². The summed E-state index contributed by atoms with van der Waals surface area (Å²) < 4.78 is 11.2. The number of amides is 1. The van der Waals surface area contributed by atoms with Gasteiger partial charge in [-0.05, 0) is 17.7 Å². The van der Waals surface area contributed by atoms with Crippen LogP contribution in [-0.2, 0) is 11.3 Å². The molecule has 0 unspecified atom stereocenters. The number of hydrogen-bond acceptors (Lipinski definition) is 3. The molecule has 0 saturated carbocycles. The molecular weight excluding hydrogens is 316 g/mol. The van der Waals surface area contributed by atoms with Crippen molar-refractivity contribution in [1.29, 1.82) is 0 Å². The molecule has 1 aromatic heterocycles. The number of aromatic amines is 1. The van der Waals surface area contributed by atoms with Crippen LogP contribution in [0.2, 0.25) is 0 Å². The van der Waals surface area contributed by atoms with E-state index < -0.39 is 0 Å². The van der Waals surface area contributed by atoms with Crippen molar-refractivity contribution in [2.24, 2.45) is 0 Å². The second kappa shape index (κ2) is 6.99. The molecule has 0 aliphatic carbocycles. The summed E-state index contributed by atoms with van der Waals surface area (Å²) in [4.78, 5) is 17.7. The Bertz CT molecular complexity index is 867. The lowest BCUT2D eigenvalue weighted by Crippen LogP contribution is -2.40. The SMILES string of the molecule is O=C(c1c[nH]c2cc(OCc3ccccc3)ccc12)N1CCOCC1. The van der Waals surface area contributed by atoms with Crippen molar-refractivity contribution in [3.8, 4) is 5.75 Å². The zero-order valence-corrected chi connectivity index (χ0v) is 13.9. The quantitative estimate of drug-likeness (QED) is 0.796. The second-order valence-corrected chi connectivity index (χ2v) is 6.09. The zero-order chi connectivity index (χ0) is 17.1. The van der Waals surface area contributed by atoms with Crippen LogP contribution in [0, 0.1) is 0 Å². The van der Waals surface area contributed by atoms with E-state index in [-0.39, 0.29) is 5.91 Å². The minimum Gasteiger partial charge on any atom is -0.489 e. The Morgan fingerprint density at radius 2 is 1.92 bits per heavy atom. The van der Waals surface area contributed by atoms with E-state index in [0.717, 1.165) is 22.2 Å². The molecule has 5 nitrogen and oxygen atoms in total. The van der Waals surface area contributed by atoms with Gasteiger partial charge in [-0.15, -0.1) is 0 Å². The number of fused-ring (bicyclic) bond motifs is 1. The van der Waals surface area contributed by atoms with Crippen LogP contribution in [0.1, 0.15) is 15.9 Å². The van der Waals surface area contributed by atoms with Gasteiger partial charge in [0.15, 0.2) is 0 Å². The standard InChI is InChI=1S/C20H20N2O3/c23-20(22-8-10-24-11-9-22)18-13-21-19-12-16(6-7-17(18)19)25-14-15-4-2-1-3-5-15/h1-7,12-13,21H,8-11,14H2. The highest BCUT2D eigenvalue weighted by Crippen LogP contribution is 2.25. The minimum atomic E-state index is 0.0486. The number of nitrogens with one attached hydrogen (secondary N) is 1. The normalized spacial score (nSPS) is 14.6. The van der Waals surface area contributed by atoms with E-state index >= 15 is 0 Å². The monoisotopic (exact) mass is 336 g/mol. The number of ether oxygens (including phenoxy) is 2. The molecule has 1 N–H and O–H groups in total. The van der Waals surface area contributed by atoms with Gasteiger partial charge >= 0.3 is 0 Å². The number of hydrogen-bond donors (Lipinski definition) is 1. The summed E-state index contributed by atoms with van der Waals surface area (Å²) in [5.41, 5.74) is 2.73. The molecule has 0 radical (unpaired) electrons. The van der Waals surface area contributed by atoms with Crippen LogP contribution in [0.3, 0.4) is 0 Å². The van der Waals surface area contributed by atoms with Crippen molar-refractivity contribution in [2.45, 2.75) is 6.61 Å². The average molecular weight is 336 g/mol. The van der Waals surface area contributed by atoms with Gasteiger partial charge in [0.1, 0.15) is 12.4 Å². The van der Waals surface area contributed by atoms with Gasteiger partial charge in [0, 0.05) is 36.3 Å². The van der Waals surface area contributed by atoms with E-state index in [1.54, 1.807) is 6.20 Å². The lowest BCUT2D eigenvalue weighted by molar-refractivity contribution is 0.0304. The molecule has 1 saturated heterocycles. The van der Waals surface area contributed by atoms with E-state index in [1.165, 1.54) is 0 Å². The molecule has 1 fully saturated rings. The Balaban J connectivity index is 1.51. The van der Waals surface area contributed by atoms with Gasteiger partial charge in [-0.3, -0.25) is 4.79 Å². The summed E-state index contributed by atoms with van der Waals surface area (Å²) in [5, 5.41) is 0.920. The summed E-state index contributed by atoms with van der Waals surface area (Å²) in [5.74, 6) is 0.830. The first kappa shape index (κ1) is 15.7. The molecule has 0 bridgehead atoms. The Labute approximate surface area is 146 Å². The number of carbonyl (C=O) groups excluding carboxylic acids is 1. The molecule has 128 valence electrons. The van der Waals surface area contributed by atoms with Crippen LogP contribution in [0.25, 0.3) is 10.9 Å². The second-order valence-electron chi connectivity index (χ2n) is 6.09. The number of morpholine rings is 1. The average Bonchev–Trinajstić information content (AvgIpc) is 3.10. The molecule has 5 heteroatoms. The maximum absolute atomic E-state index is 12.7. The molecule has 1 aliphatic rings. The minimum absolute atomic E-state index is 0.0486. The zero-order valence-electron chi connectivity index (χ0n) is 13.9. The Hall–Kier alpha value is -2.79. The van der Waals surface area contributed by atoms with E-state index in [9.17, 15) is 4.79 Å². The largest absolute Gasteiger partial charge is 0.489 e. The molecule has 1 aliphatic heterocycles. The van der Waals surface area contributed by atoms with Gasteiger partial charge in [-0.1, -0.05) is 30.3 Å². The lowest BCUT2D eigenvalue weighted by atomic mass is 10.1. The van der Waals surface area contributed by atoms with E-state index in [0.29, 0.717) is 38.5 Å². The smallest absolute Gasteiger partial charge is 0.256 e. The molecule has 1 amide bonds. The van der Waals surface area contributed by atoms with Crippen molar-refractivity contribution in [2.75, 3.05) is 26.3 Å². The highest BCUT2D eigenvalue weighted by molar-refractivity contribution is 6.07. The summed E-state index contributed by atoms with van der Waals surface area (Å²) in [6, 6.07) is 15.8.